The summed E-state index contributed by atoms with van der Waals surface area (Å²) in [5.74, 6) is 4.73. The van der Waals surface area contributed by atoms with Gasteiger partial charge in [0.25, 0.3) is 0 Å². The van der Waals surface area contributed by atoms with Crippen LogP contribution in [0.2, 0.25) is 0 Å². The van der Waals surface area contributed by atoms with E-state index in [4.69, 9.17) is 4.74 Å². The molecule has 27 heavy (non-hydrogen) atoms. The normalized spacial score (nSPS) is 16.7. The van der Waals surface area contributed by atoms with Gasteiger partial charge in [-0.1, -0.05) is 39.3 Å². The first-order chi connectivity index (χ1) is 12.7. The summed E-state index contributed by atoms with van der Waals surface area (Å²) in [4.78, 5) is 0.701. The summed E-state index contributed by atoms with van der Waals surface area (Å²) in [5, 5.41) is 0. The first kappa shape index (κ1) is 19.8. The molecule has 0 fully saturated rings. The van der Waals surface area contributed by atoms with Crippen molar-refractivity contribution in [3.8, 4) is 5.75 Å². The second kappa shape index (κ2) is 7.59. The van der Waals surface area contributed by atoms with Gasteiger partial charge in [0.1, 0.15) is 5.75 Å². The minimum Gasteiger partial charge on any atom is -0.495 e. The lowest BCUT2D eigenvalue weighted by Crippen LogP contribution is -2.15. The fourth-order valence-electron chi connectivity index (χ4n) is 3.60. The third kappa shape index (κ3) is 4.49. The number of methoxy groups -OCH3 is 1. The Morgan fingerprint density at radius 1 is 1.00 bits per heavy atom. The number of benzene rings is 2. The van der Waals surface area contributed by atoms with Gasteiger partial charge in [-0.3, -0.25) is 0 Å². The van der Waals surface area contributed by atoms with Crippen molar-refractivity contribution < 1.29 is 8.95 Å². The van der Waals surface area contributed by atoms with Gasteiger partial charge in [-0.05, 0) is 77.9 Å². The highest BCUT2D eigenvalue weighted by Gasteiger charge is 2.18. The van der Waals surface area contributed by atoms with E-state index in [2.05, 4.69) is 43.5 Å². The lowest BCUT2D eigenvalue weighted by molar-refractivity contribution is 0.416. The van der Waals surface area contributed by atoms with Crippen molar-refractivity contribution >= 4 is 21.3 Å². The van der Waals surface area contributed by atoms with E-state index in [0.717, 1.165) is 24.3 Å². The second-order valence-corrected chi connectivity index (χ2v) is 10.5. The molecule has 1 unspecified atom stereocenters. The number of ether oxygens (including phenoxy) is 1. The molecule has 0 heterocycles. The Morgan fingerprint density at radius 2 is 1.59 bits per heavy atom. The summed E-state index contributed by atoms with van der Waals surface area (Å²) in [6.45, 7) is 6.51. The van der Waals surface area contributed by atoms with Crippen LogP contribution in [-0.2, 0) is 28.0 Å². The van der Waals surface area contributed by atoms with E-state index in [9.17, 15) is 4.21 Å². The molecular weight excluding hydrogens is 354 g/mol. The maximum atomic E-state index is 13.3. The van der Waals surface area contributed by atoms with Crippen LogP contribution in [0.25, 0.3) is 0 Å². The Bertz CT molecular complexity index is 907. The van der Waals surface area contributed by atoms with E-state index >= 15 is 0 Å². The summed E-state index contributed by atoms with van der Waals surface area (Å²) >= 11 is 0. The van der Waals surface area contributed by atoms with Crippen molar-refractivity contribution in [3.05, 3.63) is 53.1 Å². The van der Waals surface area contributed by atoms with Crippen molar-refractivity contribution in [1.29, 1.82) is 0 Å². The summed E-state index contributed by atoms with van der Waals surface area (Å²) in [5.41, 5.74) is 4.71. The minimum atomic E-state index is -2.67. The third-order valence-electron chi connectivity index (χ3n) is 5.29. The van der Waals surface area contributed by atoms with Gasteiger partial charge in [0.2, 0.25) is 0 Å². The van der Waals surface area contributed by atoms with Gasteiger partial charge >= 0.3 is 0 Å². The Morgan fingerprint density at radius 3 is 2.15 bits per heavy atom. The van der Waals surface area contributed by atoms with Gasteiger partial charge in [-0.15, -0.1) is 0 Å². The van der Waals surface area contributed by atoms with Crippen LogP contribution in [0.4, 0.5) is 5.69 Å². The number of hydrogen-bond donors (Lipinski definition) is 1. The quantitative estimate of drug-likeness (QED) is 0.568. The first-order valence-corrected chi connectivity index (χ1v) is 11.4. The zero-order chi connectivity index (χ0) is 19.7. The average Bonchev–Trinajstić information content (AvgIpc) is 2.85. The zero-order valence-corrected chi connectivity index (χ0v) is 17.7. The number of fused-ring (bicyclic) bond motifs is 1. The van der Waals surface area contributed by atoms with Gasteiger partial charge in [0, 0.05) is 4.90 Å². The smallest absolute Gasteiger partial charge is 0.143 e. The Labute approximate surface area is 164 Å². The van der Waals surface area contributed by atoms with Crippen molar-refractivity contribution in [2.24, 2.45) is 0 Å². The molecule has 146 valence electrons. The van der Waals surface area contributed by atoms with Crippen molar-refractivity contribution in [2.75, 3.05) is 11.8 Å². The van der Waals surface area contributed by atoms with Crippen LogP contribution < -0.4 is 9.46 Å². The predicted molar refractivity (Wildman–Crippen MR) is 117 cm³/mol. The predicted octanol–water partition coefficient (Wildman–Crippen LogP) is 5.36. The van der Waals surface area contributed by atoms with E-state index in [0.29, 0.717) is 4.90 Å². The van der Waals surface area contributed by atoms with Gasteiger partial charge in [-0.25, -0.2) is 4.21 Å². The van der Waals surface area contributed by atoms with Gasteiger partial charge in [0.15, 0.2) is 0 Å². The largest absolute Gasteiger partial charge is 0.495 e. The van der Waals surface area contributed by atoms with Crippen molar-refractivity contribution in [2.45, 2.75) is 63.2 Å². The molecule has 1 aliphatic rings. The molecule has 3 nitrogen and oxygen atoms in total. The molecule has 0 aromatic heterocycles. The number of nitrogens with one attached hydrogen (secondary N) is 1. The Kier molecular flexibility index (Phi) is 5.57. The molecule has 0 saturated heterocycles. The average molecular weight is 386 g/mol. The summed E-state index contributed by atoms with van der Waals surface area (Å²) in [7, 11) is -1.01. The topological polar surface area (TPSA) is 38.3 Å². The SMILES string of the molecule is C=S(=O)(Nc1cc2c(cc1OC)CCCCC2)c1ccc(C(C)(C)C)cc1. The summed E-state index contributed by atoms with van der Waals surface area (Å²) in [6.07, 6.45) is 5.82. The highest BCUT2D eigenvalue weighted by molar-refractivity contribution is 8.01. The number of rotatable bonds is 4. The summed E-state index contributed by atoms with van der Waals surface area (Å²) in [6, 6.07) is 12.1. The van der Waals surface area contributed by atoms with E-state index in [1.165, 1.54) is 36.0 Å². The molecule has 0 aliphatic heterocycles. The zero-order valence-electron chi connectivity index (χ0n) is 16.9. The molecule has 1 aliphatic carbocycles. The van der Waals surface area contributed by atoms with E-state index in [1.807, 2.05) is 24.3 Å². The second-order valence-electron chi connectivity index (χ2n) is 8.43. The number of anilines is 1. The van der Waals surface area contributed by atoms with Crippen LogP contribution >= 0.6 is 0 Å². The molecule has 1 N–H and O–H groups in total. The van der Waals surface area contributed by atoms with Crippen LogP contribution in [0.5, 0.6) is 5.75 Å². The molecule has 0 bridgehead atoms. The maximum Gasteiger partial charge on any atom is 0.143 e. The number of aryl methyl sites for hydroxylation is 2. The lowest BCUT2D eigenvalue weighted by Gasteiger charge is -2.21. The van der Waals surface area contributed by atoms with Gasteiger partial charge in [-0.2, -0.15) is 0 Å². The van der Waals surface area contributed by atoms with Crippen LogP contribution in [0.1, 0.15) is 56.7 Å². The van der Waals surface area contributed by atoms with Gasteiger partial charge in [0.05, 0.1) is 22.5 Å². The van der Waals surface area contributed by atoms with E-state index in [-0.39, 0.29) is 5.41 Å². The van der Waals surface area contributed by atoms with Crippen molar-refractivity contribution in [3.63, 3.8) is 0 Å². The number of hydrogen-bond acceptors (Lipinski definition) is 2. The molecule has 0 amide bonds. The fraction of sp³-hybridized carbons (Fsp3) is 0.435. The monoisotopic (exact) mass is 385 g/mol. The Hall–Kier alpha value is -1.94. The summed E-state index contributed by atoms with van der Waals surface area (Å²) < 4.78 is 22.1. The van der Waals surface area contributed by atoms with Crippen LogP contribution in [0, 0.1) is 0 Å². The third-order valence-corrected chi connectivity index (χ3v) is 6.87. The minimum absolute atomic E-state index is 0.0637. The molecule has 0 radical (unpaired) electrons. The fourth-order valence-corrected chi connectivity index (χ4v) is 4.81. The van der Waals surface area contributed by atoms with Crippen LogP contribution in [0.15, 0.2) is 41.3 Å². The molecule has 1 atom stereocenters. The van der Waals surface area contributed by atoms with Gasteiger partial charge < -0.3 is 9.46 Å². The molecule has 0 spiro atoms. The first-order valence-electron chi connectivity index (χ1n) is 9.66. The molecule has 4 heteroatoms. The van der Waals surface area contributed by atoms with E-state index < -0.39 is 9.71 Å². The maximum absolute atomic E-state index is 13.3. The molecular formula is C23H31NO2S. The molecule has 2 aromatic rings. The van der Waals surface area contributed by atoms with Crippen LogP contribution in [-0.4, -0.2) is 17.2 Å². The standard InChI is InChI=1S/C23H31NO2S/c1-23(2,3)19-11-13-20(14-12-19)27(5,25)24-21-15-17-9-7-6-8-10-18(17)16-22(21)26-4/h11-16H,5-10H2,1-4H3,(H,24,25). The highest BCUT2D eigenvalue weighted by atomic mass is 32.2. The van der Waals surface area contributed by atoms with E-state index in [1.54, 1.807) is 7.11 Å². The molecule has 0 saturated carbocycles. The lowest BCUT2D eigenvalue weighted by atomic mass is 9.87. The van der Waals surface area contributed by atoms with Crippen LogP contribution in [0.3, 0.4) is 0 Å². The molecule has 3 rings (SSSR count). The highest BCUT2D eigenvalue weighted by Crippen LogP contribution is 2.34. The molecule has 2 aromatic carbocycles. The van der Waals surface area contributed by atoms with Crippen molar-refractivity contribution in [1.82, 2.24) is 0 Å². The Balaban J connectivity index is 1.92.